The van der Waals surface area contributed by atoms with E-state index < -0.39 is 10.0 Å². The molecule has 3 aromatic rings. The fraction of sp³-hybridized carbons (Fsp3) is 0.389. The van der Waals surface area contributed by atoms with Crippen molar-refractivity contribution in [1.29, 1.82) is 0 Å². The predicted octanol–water partition coefficient (Wildman–Crippen LogP) is 3.50. The average molecular weight is 421 g/mol. The molecule has 0 atom stereocenters. The first kappa shape index (κ1) is 19.2. The van der Waals surface area contributed by atoms with Crippen LogP contribution in [0.3, 0.4) is 0 Å². The Morgan fingerprint density at radius 2 is 1.96 bits per heavy atom. The number of nitrogens with zero attached hydrogens (tertiary/aromatic N) is 4. The van der Waals surface area contributed by atoms with Crippen molar-refractivity contribution >= 4 is 21.8 Å². The molecule has 10 heteroatoms. The van der Waals surface area contributed by atoms with Gasteiger partial charge in [0.15, 0.2) is 0 Å². The highest BCUT2D eigenvalue weighted by Crippen LogP contribution is 2.28. The van der Waals surface area contributed by atoms with Crippen LogP contribution < -0.4 is 0 Å². The monoisotopic (exact) mass is 420 g/mol. The van der Waals surface area contributed by atoms with Gasteiger partial charge in [0.1, 0.15) is 5.76 Å². The highest BCUT2D eigenvalue weighted by atomic mass is 32.2. The average Bonchev–Trinajstić information content (AvgIpc) is 3.36. The van der Waals surface area contributed by atoms with Crippen molar-refractivity contribution in [2.45, 2.75) is 42.1 Å². The van der Waals surface area contributed by atoms with Crippen LogP contribution in [0.2, 0.25) is 0 Å². The third-order valence-corrected chi connectivity index (χ3v) is 7.19. The number of hydrogen-bond acceptors (Lipinski definition) is 8. The van der Waals surface area contributed by atoms with Gasteiger partial charge in [-0.15, -0.1) is 10.2 Å². The maximum absolute atomic E-state index is 12.9. The summed E-state index contributed by atoms with van der Waals surface area (Å²) >= 11 is 1.33. The lowest BCUT2D eigenvalue weighted by molar-refractivity contribution is 0.346. The quantitative estimate of drug-likeness (QED) is 0.558. The van der Waals surface area contributed by atoms with Crippen molar-refractivity contribution in [1.82, 2.24) is 19.7 Å². The van der Waals surface area contributed by atoms with Crippen molar-refractivity contribution in [3.8, 4) is 11.5 Å². The van der Waals surface area contributed by atoms with Gasteiger partial charge in [0.2, 0.25) is 15.9 Å². The maximum Gasteiger partial charge on any atom is 0.277 e. The van der Waals surface area contributed by atoms with Crippen LogP contribution >= 0.6 is 11.8 Å². The van der Waals surface area contributed by atoms with Crippen molar-refractivity contribution in [3.05, 3.63) is 41.8 Å². The van der Waals surface area contributed by atoms with Gasteiger partial charge in [-0.1, -0.05) is 29.4 Å². The first-order valence-corrected chi connectivity index (χ1v) is 11.4. The van der Waals surface area contributed by atoms with Gasteiger partial charge in [0.25, 0.3) is 5.22 Å². The first-order valence-electron chi connectivity index (χ1n) is 9.01. The zero-order chi connectivity index (χ0) is 19.6. The molecule has 1 aliphatic heterocycles. The Bertz CT molecular complexity index is 1050. The minimum Gasteiger partial charge on any atom is -0.411 e. The lowest BCUT2D eigenvalue weighted by Crippen LogP contribution is -2.35. The second-order valence-corrected chi connectivity index (χ2v) is 9.45. The summed E-state index contributed by atoms with van der Waals surface area (Å²) in [6.07, 6.45) is 2.86. The van der Waals surface area contributed by atoms with E-state index in [-0.39, 0.29) is 10.8 Å². The molecule has 0 spiro atoms. The lowest BCUT2D eigenvalue weighted by atomic mass is 10.2. The number of piperidine rings is 1. The van der Waals surface area contributed by atoms with Gasteiger partial charge < -0.3 is 8.94 Å². The summed E-state index contributed by atoms with van der Waals surface area (Å²) in [5.74, 6) is 1.52. The fourth-order valence-electron chi connectivity index (χ4n) is 3.05. The Labute approximate surface area is 167 Å². The smallest absolute Gasteiger partial charge is 0.277 e. The minimum atomic E-state index is -3.51. The Balaban J connectivity index is 1.50. The van der Waals surface area contributed by atoms with E-state index in [1.54, 1.807) is 28.6 Å². The molecule has 1 saturated heterocycles. The zero-order valence-electron chi connectivity index (χ0n) is 15.4. The number of hydrogen-bond donors (Lipinski definition) is 0. The number of aryl methyl sites for hydroxylation is 1. The van der Waals surface area contributed by atoms with Crippen LogP contribution in [0.15, 0.2) is 49.4 Å². The molecule has 148 valence electrons. The van der Waals surface area contributed by atoms with E-state index in [1.807, 2.05) is 13.0 Å². The second-order valence-electron chi connectivity index (χ2n) is 6.59. The number of benzene rings is 1. The molecule has 0 unspecified atom stereocenters. The predicted molar refractivity (Wildman–Crippen MR) is 103 cm³/mol. The lowest BCUT2D eigenvalue weighted by Gasteiger charge is -2.25. The topological polar surface area (TPSA) is 102 Å². The van der Waals surface area contributed by atoms with E-state index in [0.717, 1.165) is 30.7 Å². The standard InChI is InChI=1S/C18H20N4O4S2/c1-13-10-15(26-21-13)12-27-18-20-19-17(25-18)14-6-5-7-16(11-14)28(23,24)22-8-3-2-4-9-22/h5-7,10-11H,2-4,8-9,12H2,1H3. The van der Waals surface area contributed by atoms with Crippen LogP contribution in [0.5, 0.6) is 0 Å². The molecule has 4 rings (SSSR count). The number of thioether (sulfide) groups is 1. The Hall–Kier alpha value is -2.17. The Kier molecular flexibility index (Phi) is 5.51. The van der Waals surface area contributed by atoms with Crippen LogP contribution in [-0.4, -0.2) is 41.2 Å². The molecule has 28 heavy (non-hydrogen) atoms. The van der Waals surface area contributed by atoms with Gasteiger partial charge in [0, 0.05) is 24.7 Å². The molecule has 8 nitrogen and oxygen atoms in total. The summed E-state index contributed by atoms with van der Waals surface area (Å²) in [4.78, 5) is 0.247. The molecule has 1 aromatic carbocycles. The Morgan fingerprint density at radius 1 is 1.14 bits per heavy atom. The third kappa shape index (κ3) is 4.13. The van der Waals surface area contributed by atoms with Gasteiger partial charge >= 0.3 is 0 Å². The van der Waals surface area contributed by atoms with Crippen molar-refractivity contribution in [3.63, 3.8) is 0 Å². The molecule has 0 N–H and O–H groups in total. The summed E-state index contributed by atoms with van der Waals surface area (Å²) in [5.41, 5.74) is 1.39. The molecule has 3 heterocycles. The molecule has 1 fully saturated rings. The van der Waals surface area contributed by atoms with Crippen LogP contribution in [0, 0.1) is 6.92 Å². The number of rotatable bonds is 6. The largest absolute Gasteiger partial charge is 0.411 e. The molecule has 0 radical (unpaired) electrons. The summed E-state index contributed by atoms with van der Waals surface area (Å²) < 4.78 is 38.1. The van der Waals surface area contributed by atoms with E-state index in [1.165, 1.54) is 11.8 Å². The van der Waals surface area contributed by atoms with E-state index in [4.69, 9.17) is 8.94 Å². The number of aromatic nitrogens is 3. The van der Waals surface area contributed by atoms with E-state index in [0.29, 0.717) is 29.6 Å². The molecule has 1 aliphatic rings. The molecule has 0 amide bonds. The second kappa shape index (κ2) is 8.06. The molecule has 0 aliphatic carbocycles. The molecular weight excluding hydrogens is 400 g/mol. The van der Waals surface area contributed by atoms with Crippen molar-refractivity contribution in [2.24, 2.45) is 0 Å². The van der Waals surface area contributed by atoms with Crippen molar-refractivity contribution < 1.29 is 17.4 Å². The summed E-state index contributed by atoms with van der Waals surface area (Å²) in [6, 6.07) is 8.49. The highest BCUT2D eigenvalue weighted by Gasteiger charge is 2.26. The Morgan fingerprint density at radius 3 is 2.71 bits per heavy atom. The van der Waals surface area contributed by atoms with E-state index >= 15 is 0 Å². The van der Waals surface area contributed by atoms with Crippen LogP contribution in [0.1, 0.15) is 30.7 Å². The van der Waals surface area contributed by atoms with Gasteiger partial charge in [-0.25, -0.2) is 8.42 Å². The first-order chi connectivity index (χ1) is 13.5. The van der Waals surface area contributed by atoms with Gasteiger partial charge in [-0.2, -0.15) is 4.31 Å². The van der Waals surface area contributed by atoms with Crippen LogP contribution in [-0.2, 0) is 15.8 Å². The summed E-state index contributed by atoms with van der Waals surface area (Å²) in [6.45, 7) is 2.98. The SMILES string of the molecule is Cc1cc(CSc2nnc(-c3cccc(S(=O)(=O)N4CCCCC4)c3)o2)on1. The fourth-order valence-corrected chi connectivity index (χ4v) is 5.25. The normalized spacial score (nSPS) is 15.8. The van der Waals surface area contributed by atoms with Crippen molar-refractivity contribution in [2.75, 3.05) is 13.1 Å². The summed E-state index contributed by atoms with van der Waals surface area (Å²) in [5, 5.41) is 12.3. The maximum atomic E-state index is 12.9. The minimum absolute atomic E-state index is 0.247. The molecular formula is C18H20N4O4S2. The molecule has 0 saturated carbocycles. The van der Waals surface area contributed by atoms with Crippen LogP contribution in [0.4, 0.5) is 0 Å². The molecule has 0 bridgehead atoms. The van der Waals surface area contributed by atoms with Gasteiger partial charge in [-0.3, -0.25) is 0 Å². The van der Waals surface area contributed by atoms with E-state index in [9.17, 15) is 8.42 Å². The summed E-state index contributed by atoms with van der Waals surface area (Å²) in [7, 11) is -3.51. The zero-order valence-corrected chi connectivity index (χ0v) is 17.0. The third-order valence-electron chi connectivity index (χ3n) is 4.45. The van der Waals surface area contributed by atoms with Gasteiger partial charge in [-0.05, 0) is 38.0 Å². The highest BCUT2D eigenvalue weighted by molar-refractivity contribution is 7.98. The number of sulfonamides is 1. The van der Waals surface area contributed by atoms with E-state index in [2.05, 4.69) is 15.4 Å². The molecule has 2 aromatic heterocycles. The van der Waals surface area contributed by atoms with Crippen LogP contribution in [0.25, 0.3) is 11.5 Å². The van der Waals surface area contributed by atoms with Gasteiger partial charge in [0.05, 0.1) is 16.3 Å².